The lowest BCUT2D eigenvalue weighted by molar-refractivity contribution is -0.144. The second-order valence-electron chi connectivity index (χ2n) is 5.77. The monoisotopic (exact) mass is 367 g/mol. The van der Waals surface area contributed by atoms with Crippen LogP contribution in [0, 0.1) is 0 Å². The first-order chi connectivity index (χ1) is 10.9. The first-order valence-electron chi connectivity index (χ1n) is 6.83. The van der Waals surface area contributed by atoms with Crippen molar-refractivity contribution in [2.45, 2.75) is 38.6 Å². The summed E-state index contributed by atoms with van der Waals surface area (Å²) in [7, 11) is 0. The van der Waals surface area contributed by atoms with Gasteiger partial charge in [0.05, 0.1) is 5.56 Å². The molecule has 24 heavy (non-hydrogen) atoms. The molecule has 0 bridgehead atoms. The number of carbonyl (C=O) groups is 2. The van der Waals surface area contributed by atoms with Crippen LogP contribution in [-0.2, 0) is 20.4 Å². The Bertz CT molecular complexity index is 599. The van der Waals surface area contributed by atoms with Gasteiger partial charge in [0.2, 0.25) is 0 Å². The van der Waals surface area contributed by atoms with Crippen LogP contribution < -0.4 is 5.32 Å². The number of halogens is 4. The van der Waals surface area contributed by atoms with Gasteiger partial charge in [0.15, 0.2) is 12.1 Å². The van der Waals surface area contributed by atoms with Crippen molar-refractivity contribution >= 4 is 23.7 Å². The molecule has 1 N–H and O–H groups in total. The number of rotatable bonds is 4. The van der Waals surface area contributed by atoms with Crippen molar-refractivity contribution in [3.05, 3.63) is 35.4 Å². The van der Waals surface area contributed by atoms with Gasteiger partial charge in [-0.15, -0.1) is 0 Å². The lowest BCUT2D eigenvalue weighted by Gasteiger charge is -2.23. The Morgan fingerprint density at radius 2 is 1.88 bits per heavy atom. The van der Waals surface area contributed by atoms with E-state index in [0.29, 0.717) is 0 Å². The molecule has 1 rings (SSSR count). The number of amides is 1. The number of benzene rings is 1. The van der Waals surface area contributed by atoms with Gasteiger partial charge in [-0.25, -0.2) is 9.59 Å². The summed E-state index contributed by atoms with van der Waals surface area (Å²) in [6.07, 6.45) is -5.57. The van der Waals surface area contributed by atoms with E-state index < -0.39 is 41.5 Å². The second kappa shape index (κ2) is 7.74. The lowest BCUT2D eigenvalue weighted by Crippen LogP contribution is -2.38. The Kier molecular flexibility index (Phi) is 6.48. The summed E-state index contributed by atoms with van der Waals surface area (Å²) in [5.74, 6) is -1.00. The summed E-state index contributed by atoms with van der Waals surface area (Å²) in [5.41, 5.74) is -1.92. The van der Waals surface area contributed by atoms with Crippen LogP contribution in [0.3, 0.4) is 0 Å². The van der Waals surface area contributed by atoms with Gasteiger partial charge >= 0.3 is 18.2 Å². The summed E-state index contributed by atoms with van der Waals surface area (Å²) < 4.78 is 48.0. The van der Waals surface area contributed by atoms with E-state index in [1.54, 1.807) is 20.8 Å². The third-order valence-electron chi connectivity index (χ3n) is 2.64. The minimum atomic E-state index is -4.59. The van der Waals surface area contributed by atoms with Gasteiger partial charge in [0.1, 0.15) is 5.60 Å². The number of alkyl halides is 4. The van der Waals surface area contributed by atoms with Gasteiger partial charge in [0, 0.05) is 0 Å². The molecule has 0 saturated heterocycles. The van der Waals surface area contributed by atoms with Crippen molar-refractivity contribution in [3.63, 3.8) is 0 Å². The lowest BCUT2D eigenvalue weighted by atomic mass is 10.0. The molecule has 5 nitrogen and oxygen atoms in total. The first-order valence-corrected chi connectivity index (χ1v) is 7.37. The average molecular weight is 368 g/mol. The van der Waals surface area contributed by atoms with Crippen LogP contribution in [0.15, 0.2) is 24.3 Å². The summed E-state index contributed by atoms with van der Waals surface area (Å²) >= 11 is 5.31. The highest BCUT2D eigenvalue weighted by Crippen LogP contribution is 2.31. The molecule has 0 saturated carbocycles. The van der Waals surface area contributed by atoms with E-state index in [-0.39, 0.29) is 5.56 Å². The van der Waals surface area contributed by atoms with Crippen LogP contribution in [-0.4, -0.2) is 23.7 Å². The number of esters is 1. The molecule has 1 amide bonds. The zero-order chi connectivity index (χ0) is 18.5. The fourth-order valence-corrected chi connectivity index (χ4v) is 1.84. The molecule has 0 aromatic heterocycles. The van der Waals surface area contributed by atoms with E-state index in [1.165, 1.54) is 6.07 Å². The zero-order valence-corrected chi connectivity index (χ0v) is 14.0. The molecule has 0 radical (unpaired) electrons. The highest BCUT2D eigenvalue weighted by molar-refractivity contribution is 6.17. The largest absolute Gasteiger partial charge is 0.448 e. The maximum absolute atomic E-state index is 12.8. The number of carbonyl (C=O) groups excluding carboxylic acids is 2. The van der Waals surface area contributed by atoms with Crippen molar-refractivity contribution in [2.75, 3.05) is 6.07 Å². The van der Waals surface area contributed by atoms with E-state index >= 15 is 0 Å². The molecule has 1 atom stereocenters. The number of hydrogen-bond acceptors (Lipinski definition) is 4. The highest BCUT2D eigenvalue weighted by atomic mass is 35.5. The molecule has 9 heteroatoms. The summed E-state index contributed by atoms with van der Waals surface area (Å²) in [4.78, 5) is 23.8. The van der Waals surface area contributed by atoms with Crippen LogP contribution in [0.25, 0.3) is 0 Å². The van der Waals surface area contributed by atoms with Gasteiger partial charge < -0.3 is 14.8 Å². The van der Waals surface area contributed by atoms with Gasteiger partial charge in [-0.2, -0.15) is 13.2 Å². The van der Waals surface area contributed by atoms with Gasteiger partial charge in [-0.1, -0.05) is 23.7 Å². The van der Waals surface area contributed by atoms with Gasteiger partial charge in [0.25, 0.3) is 0 Å². The van der Waals surface area contributed by atoms with Crippen molar-refractivity contribution in [1.82, 2.24) is 5.32 Å². The Labute approximate surface area is 142 Å². The molecule has 134 valence electrons. The molecular formula is C15H17ClF3NO4. The van der Waals surface area contributed by atoms with Crippen LogP contribution >= 0.6 is 11.6 Å². The molecule has 0 aliphatic heterocycles. The molecule has 0 aliphatic carbocycles. The fraction of sp³-hybridized carbons (Fsp3) is 0.467. The van der Waals surface area contributed by atoms with Crippen LogP contribution in [0.1, 0.15) is 37.9 Å². The van der Waals surface area contributed by atoms with Crippen molar-refractivity contribution in [2.24, 2.45) is 0 Å². The SMILES string of the molecule is CC(C)(C)OC(=O)NC(C(=O)OCCl)c1cccc(C(F)(F)F)c1. The number of ether oxygens (including phenoxy) is 2. The quantitative estimate of drug-likeness (QED) is 0.645. The van der Waals surface area contributed by atoms with E-state index in [9.17, 15) is 22.8 Å². The average Bonchev–Trinajstić information content (AvgIpc) is 2.42. The highest BCUT2D eigenvalue weighted by Gasteiger charge is 2.33. The smallest absolute Gasteiger partial charge is 0.416 e. The van der Waals surface area contributed by atoms with Crippen molar-refractivity contribution < 1.29 is 32.2 Å². The van der Waals surface area contributed by atoms with Crippen LogP contribution in [0.2, 0.25) is 0 Å². The molecular weight excluding hydrogens is 351 g/mol. The minimum Gasteiger partial charge on any atom is -0.448 e. The summed E-state index contributed by atoms with van der Waals surface area (Å²) in [6, 6.07) is 1.98. The molecule has 1 aromatic rings. The predicted octanol–water partition coefficient (Wildman–Crippen LogP) is 4.01. The van der Waals surface area contributed by atoms with Crippen molar-refractivity contribution in [1.29, 1.82) is 0 Å². The molecule has 0 spiro atoms. The Morgan fingerprint density at radius 1 is 1.25 bits per heavy atom. The number of hydrogen-bond donors (Lipinski definition) is 1. The van der Waals surface area contributed by atoms with E-state index in [1.807, 2.05) is 0 Å². The van der Waals surface area contributed by atoms with Crippen molar-refractivity contribution in [3.8, 4) is 0 Å². The van der Waals surface area contributed by atoms with Gasteiger partial charge in [-0.3, -0.25) is 0 Å². The second-order valence-corrected chi connectivity index (χ2v) is 5.99. The Hall–Kier alpha value is -1.96. The topological polar surface area (TPSA) is 64.6 Å². The molecule has 0 heterocycles. The molecule has 1 unspecified atom stereocenters. The molecule has 1 aromatic carbocycles. The van der Waals surface area contributed by atoms with E-state index in [0.717, 1.165) is 18.2 Å². The number of alkyl carbamates (subject to hydrolysis) is 1. The Morgan fingerprint density at radius 3 is 2.38 bits per heavy atom. The third kappa shape index (κ3) is 6.27. The zero-order valence-electron chi connectivity index (χ0n) is 13.2. The van der Waals surface area contributed by atoms with Crippen LogP contribution in [0.5, 0.6) is 0 Å². The standard InChI is InChI=1S/C15H17ClF3NO4/c1-14(2,3)24-13(22)20-11(12(21)23-8-16)9-5-4-6-10(7-9)15(17,18)19/h4-7,11H,8H2,1-3H3,(H,20,22). The third-order valence-corrected chi connectivity index (χ3v) is 2.75. The molecule has 0 aliphatic rings. The Balaban J connectivity index is 3.11. The summed E-state index contributed by atoms with van der Waals surface area (Å²) in [5, 5.41) is 2.19. The van der Waals surface area contributed by atoms with Crippen LogP contribution in [0.4, 0.5) is 18.0 Å². The first kappa shape index (κ1) is 20.1. The number of nitrogens with one attached hydrogen (secondary N) is 1. The minimum absolute atomic E-state index is 0.106. The van der Waals surface area contributed by atoms with Gasteiger partial charge in [-0.05, 0) is 38.5 Å². The van der Waals surface area contributed by atoms with E-state index in [2.05, 4.69) is 10.1 Å². The van der Waals surface area contributed by atoms with E-state index in [4.69, 9.17) is 16.3 Å². The maximum atomic E-state index is 12.8. The molecule has 0 fully saturated rings. The summed E-state index contributed by atoms with van der Waals surface area (Å²) in [6.45, 7) is 4.80. The fourth-order valence-electron chi connectivity index (χ4n) is 1.74. The normalized spacial score (nSPS) is 13.1. The maximum Gasteiger partial charge on any atom is 0.416 e. The predicted molar refractivity (Wildman–Crippen MR) is 80.4 cm³/mol.